The molecule has 5 rings (SSSR count). The van der Waals surface area contributed by atoms with Crippen molar-refractivity contribution >= 4 is 12.2 Å². The lowest BCUT2D eigenvalue weighted by Crippen LogP contribution is -2.12. The minimum absolute atomic E-state index is 0.127. The lowest BCUT2D eigenvalue weighted by Gasteiger charge is -2.22. The Morgan fingerprint density at radius 3 is 2.25 bits per heavy atom. The van der Waals surface area contributed by atoms with E-state index in [0.29, 0.717) is 22.6 Å². The van der Waals surface area contributed by atoms with Crippen LogP contribution in [0.1, 0.15) is 39.8 Å². The predicted octanol–water partition coefficient (Wildman–Crippen LogP) is 6.26. The van der Waals surface area contributed by atoms with Crippen LogP contribution >= 0.6 is 0 Å². The Balaban J connectivity index is 1.71. The molecule has 2 atom stereocenters. The molecule has 1 aliphatic rings. The molecule has 36 heavy (non-hydrogen) atoms. The Kier molecular flexibility index (Phi) is 6.17. The minimum atomic E-state index is -0.621. The van der Waals surface area contributed by atoms with Gasteiger partial charge in [-0.25, -0.2) is 0 Å². The lowest BCUT2D eigenvalue weighted by molar-refractivity contribution is 0.218. The highest BCUT2D eigenvalue weighted by Gasteiger charge is 2.40. The molecule has 4 aromatic carbocycles. The second-order valence-electron chi connectivity index (χ2n) is 8.54. The van der Waals surface area contributed by atoms with Gasteiger partial charge in [-0.05, 0) is 35.4 Å². The Morgan fingerprint density at radius 1 is 0.778 bits per heavy atom. The van der Waals surface area contributed by atoms with Crippen molar-refractivity contribution in [3.05, 3.63) is 107 Å². The molecule has 0 aliphatic carbocycles. The van der Waals surface area contributed by atoms with Crippen molar-refractivity contribution in [3.63, 3.8) is 0 Å². The zero-order chi connectivity index (χ0) is 25.2. The molecule has 0 bridgehead atoms. The fourth-order valence-electron chi connectivity index (χ4n) is 4.68. The second-order valence-corrected chi connectivity index (χ2v) is 8.54. The zero-order valence-electron chi connectivity index (χ0n) is 19.9. The Hall–Kier alpha value is -4.58. The SMILES string of the molecule is COc1cc(C=Cc2ccccc2)c2c(c1)O[C@H](c1cc(O)c(O)c(OC)c1)[C@@H]2c1ccccc1O. The number of para-hydroxylation sites is 1. The van der Waals surface area contributed by atoms with Gasteiger partial charge in [0.15, 0.2) is 11.5 Å². The highest BCUT2D eigenvalue weighted by Crippen LogP contribution is 2.55. The van der Waals surface area contributed by atoms with Crippen LogP contribution < -0.4 is 14.2 Å². The first kappa shape index (κ1) is 23.2. The molecular formula is C30H26O6. The highest BCUT2D eigenvalue weighted by atomic mass is 16.5. The molecule has 0 saturated heterocycles. The van der Waals surface area contributed by atoms with E-state index >= 15 is 0 Å². The van der Waals surface area contributed by atoms with Gasteiger partial charge in [0.25, 0.3) is 0 Å². The van der Waals surface area contributed by atoms with Crippen molar-refractivity contribution in [3.8, 4) is 34.5 Å². The number of methoxy groups -OCH3 is 2. The van der Waals surface area contributed by atoms with E-state index in [1.165, 1.54) is 13.2 Å². The number of rotatable bonds is 6. The van der Waals surface area contributed by atoms with E-state index in [1.807, 2.05) is 66.7 Å². The molecule has 0 amide bonds. The minimum Gasteiger partial charge on any atom is -0.508 e. The number of hydrogen-bond donors (Lipinski definition) is 3. The molecular weight excluding hydrogens is 456 g/mol. The summed E-state index contributed by atoms with van der Waals surface area (Å²) in [5.74, 6) is 0.410. The molecule has 6 heteroatoms. The van der Waals surface area contributed by atoms with Crippen LogP contribution in [-0.2, 0) is 0 Å². The standard InChI is InChI=1S/C30H26O6/c1-34-21-14-19(13-12-18-8-4-3-5-9-18)27-25(17-21)36-30(28(27)22-10-6-7-11-23(22)31)20-15-24(32)29(33)26(16-20)35-2/h3-17,28,30-33H,1-2H3/t28-,30-/m1/s1. The fourth-order valence-corrected chi connectivity index (χ4v) is 4.68. The van der Waals surface area contributed by atoms with Gasteiger partial charge in [-0.1, -0.05) is 60.7 Å². The lowest BCUT2D eigenvalue weighted by atomic mass is 9.82. The molecule has 0 unspecified atom stereocenters. The van der Waals surface area contributed by atoms with Crippen LogP contribution in [0.15, 0.2) is 78.9 Å². The van der Waals surface area contributed by atoms with E-state index in [-0.39, 0.29) is 23.0 Å². The van der Waals surface area contributed by atoms with Crippen LogP contribution in [0.5, 0.6) is 34.5 Å². The third-order valence-electron chi connectivity index (χ3n) is 6.40. The molecule has 0 fully saturated rings. The van der Waals surface area contributed by atoms with Crippen molar-refractivity contribution in [1.82, 2.24) is 0 Å². The van der Waals surface area contributed by atoms with Gasteiger partial charge in [0.2, 0.25) is 5.75 Å². The molecule has 0 radical (unpaired) electrons. The van der Waals surface area contributed by atoms with Gasteiger partial charge in [0, 0.05) is 22.8 Å². The van der Waals surface area contributed by atoms with E-state index < -0.39 is 12.0 Å². The maximum absolute atomic E-state index is 10.8. The van der Waals surface area contributed by atoms with E-state index in [2.05, 4.69) is 0 Å². The summed E-state index contributed by atoms with van der Waals surface area (Å²) in [6.07, 6.45) is 3.40. The number of hydrogen-bond acceptors (Lipinski definition) is 6. The molecule has 6 nitrogen and oxygen atoms in total. The van der Waals surface area contributed by atoms with Crippen LogP contribution in [0.4, 0.5) is 0 Å². The van der Waals surface area contributed by atoms with Crippen LogP contribution in [0.2, 0.25) is 0 Å². The van der Waals surface area contributed by atoms with E-state index in [9.17, 15) is 15.3 Å². The molecule has 182 valence electrons. The average molecular weight is 483 g/mol. The van der Waals surface area contributed by atoms with Gasteiger partial charge >= 0.3 is 0 Å². The van der Waals surface area contributed by atoms with Gasteiger partial charge in [-0.2, -0.15) is 0 Å². The monoisotopic (exact) mass is 482 g/mol. The van der Waals surface area contributed by atoms with Gasteiger partial charge < -0.3 is 29.5 Å². The van der Waals surface area contributed by atoms with Gasteiger partial charge in [0.1, 0.15) is 23.4 Å². The topological polar surface area (TPSA) is 88.4 Å². The largest absolute Gasteiger partial charge is 0.508 e. The van der Waals surface area contributed by atoms with Gasteiger partial charge in [-0.15, -0.1) is 0 Å². The molecule has 0 aromatic heterocycles. The number of phenolic OH excluding ortho intramolecular Hbond substituents is 3. The predicted molar refractivity (Wildman–Crippen MR) is 138 cm³/mol. The summed E-state index contributed by atoms with van der Waals surface area (Å²) >= 11 is 0. The molecule has 3 N–H and O–H groups in total. The number of aromatic hydroxyl groups is 3. The third-order valence-corrected chi connectivity index (χ3v) is 6.40. The summed E-state index contributed by atoms with van der Waals surface area (Å²) in [6, 6.07) is 23.9. The maximum Gasteiger partial charge on any atom is 0.200 e. The Bertz CT molecular complexity index is 1430. The first-order chi connectivity index (χ1) is 17.5. The van der Waals surface area contributed by atoms with Crippen molar-refractivity contribution in [1.29, 1.82) is 0 Å². The smallest absolute Gasteiger partial charge is 0.200 e. The summed E-state index contributed by atoms with van der Waals surface area (Å²) in [7, 11) is 3.02. The maximum atomic E-state index is 10.8. The van der Waals surface area contributed by atoms with Crippen LogP contribution in [0.25, 0.3) is 12.2 Å². The van der Waals surface area contributed by atoms with Crippen molar-refractivity contribution in [2.24, 2.45) is 0 Å². The Labute approximate surface area is 209 Å². The first-order valence-electron chi connectivity index (χ1n) is 11.5. The average Bonchev–Trinajstić information content (AvgIpc) is 3.29. The van der Waals surface area contributed by atoms with E-state index in [0.717, 1.165) is 16.7 Å². The van der Waals surface area contributed by atoms with E-state index in [4.69, 9.17) is 14.2 Å². The molecule has 0 spiro atoms. The molecule has 4 aromatic rings. The fraction of sp³-hybridized carbons (Fsp3) is 0.133. The normalized spacial score (nSPS) is 16.5. The van der Waals surface area contributed by atoms with Gasteiger partial charge in [0.05, 0.1) is 20.1 Å². The number of phenols is 3. The zero-order valence-corrected chi connectivity index (χ0v) is 19.9. The summed E-state index contributed by atoms with van der Waals surface area (Å²) in [5, 5.41) is 31.4. The van der Waals surface area contributed by atoms with Crippen LogP contribution in [0.3, 0.4) is 0 Å². The van der Waals surface area contributed by atoms with Crippen LogP contribution in [-0.4, -0.2) is 29.5 Å². The second kappa shape index (κ2) is 9.58. The molecule has 0 saturated carbocycles. The van der Waals surface area contributed by atoms with Crippen molar-refractivity contribution in [2.75, 3.05) is 14.2 Å². The number of fused-ring (bicyclic) bond motifs is 1. The van der Waals surface area contributed by atoms with Crippen LogP contribution in [0, 0.1) is 0 Å². The molecule has 1 heterocycles. The number of benzene rings is 4. The third kappa shape index (κ3) is 4.18. The highest BCUT2D eigenvalue weighted by molar-refractivity contribution is 5.75. The summed E-state index contributed by atoms with van der Waals surface area (Å²) in [4.78, 5) is 0. The van der Waals surface area contributed by atoms with E-state index in [1.54, 1.807) is 25.3 Å². The van der Waals surface area contributed by atoms with Crippen molar-refractivity contribution in [2.45, 2.75) is 12.0 Å². The summed E-state index contributed by atoms with van der Waals surface area (Å²) in [5.41, 5.74) is 4.05. The van der Waals surface area contributed by atoms with Crippen molar-refractivity contribution < 1.29 is 29.5 Å². The molecule has 1 aliphatic heterocycles. The van der Waals surface area contributed by atoms with Gasteiger partial charge in [-0.3, -0.25) is 0 Å². The number of ether oxygens (including phenoxy) is 3. The Morgan fingerprint density at radius 2 is 1.53 bits per heavy atom. The first-order valence-corrected chi connectivity index (χ1v) is 11.5. The quantitative estimate of drug-likeness (QED) is 0.222. The summed E-state index contributed by atoms with van der Waals surface area (Å²) in [6.45, 7) is 0. The summed E-state index contributed by atoms with van der Waals surface area (Å²) < 4.78 is 17.3.